The molecule has 2 rings (SSSR count). The Morgan fingerprint density at radius 3 is 2.57 bits per heavy atom. The lowest BCUT2D eigenvalue weighted by molar-refractivity contribution is 0.0697. The van der Waals surface area contributed by atoms with Crippen molar-refractivity contribution in [2.45, 2.75) is 62.9 Å². The van der Waals surface area contributed by atoms with Gasteiger partial charge in [-0.3, -0.25) is 0 Å². The molecule has 0 unspecified atom stereocenters. The maximum absolute atomic E-state index is 12.4. The molecule has 1 aliphatic carbocycles. The molecule has 0 spiro atoms. The highest BCUT2D eigenvalue weighted by Gasteiger charge is 2.24. The molecule has 6 nitrogen and oxygen atoms in total. The molecule has 1 aromatic carbocycles. The molecule has 1 atom stereocenters. The number of carboxylic acids is 1. The van der Waals surface area contributed by atoms with Crippen LogP contribution in [0.5, 0.6) is 0 Å². The van der Waals surface area contributed by atoms with Crippen molar-refractivity contribution in [2.24, 2.45) is 0 Å². The van der Waals surface area contributed by atoms with Gasteiger partial charge in [-0.2, -0.15) is 0 Å². The molecule has 3 N–H and O–H groups in total. The maximum Gasteiger partial charge on any atom is 0.337 e. The Morgan fingerprint density at radius 1 is 1.35 bits per heavy atom. The van der Waals surface area contributed by atoms with Gasteiger partial charge in [-0.15, -0.1) is 0 Å². The highest BCUT2D eigenvalue weighted by molar-refractivity contribution is 7.89. The molecule has 0 aliphatic heterocycles. The summed E-state index contributed by atoms with van der Waals surface area (Å²) in [6, 6.07) is 4.26. The van der Waals surface area contributed by atoms with Gasteiger partial charge >= 0.3 is 5.97 Å². The largest absolute Gasteiger partial charge is 0.478 e. The van der Waals surface area contributed by atoms with Gasteiger partial charge in [-0.05, 0) is 44.4 Å². The first kappa shape index (κ1) is 17.7. The minimum absolute atomic E-state index is 0.00324. The molecule has 0 saturated heterocycles. The van der Waals surface area contributed by atoms with Crippen LogP contribution in [0.3, 0.4) is 0 Å². The van der Waals surface area contributed by atoms with E-state index >= 15 is 0 Å². The van der Waals surface area contributed by atoms with Gasteiger partial charge in [-0.25, -0.2) is 17.9 Å². The van der Waals surface area contributed by atoms with Crippen LogP contribution in [0.4, 0.5) is 5.69 Å². The quantitative estimate of drug-likeness (QED) is 0.709. The number of benzene rings is 1. The lowest BCUT2D eigenvalue weighted by Crippen LogP contribution is -2.32. The summed E-state index contributed by atoms with van der Waals surface area (Å²) in [5.74, 6) is -1.14. The van der Waals surface area contributed by atoms with E-state index in [1.807, 2.05) is 13.8 Å². The number of rotatable bonds is 7. The second-order valence-electron chi connectivity index (χ2n) is 6.07. The SMILES string of the molecule is CC[C@@H](C)Nc1ccc(S(=O)(=O)NC2CCCC2)cc1C(=O)O. The molecule has 1 fully saturated rings. The fraction of sp³-hybridized carbons (Fsp3) is 0.562. The van der Waals surface area contributed by atoms with Crippen molar-refractivity contribution in [1.82, 2.24) is 4.72 Å². The number of nitrogens with one attached hydrogen (secondary N) is 2. The number of hydrogen-bond donors (Lipinski definition) is 3. The third-order valence-electron chi connectivity index (χ3n) is 4.22. The van der Waals surface area contributed by atoms with E-state index in [1.54, 1.807) is 0 Å². The van der Waals surface area contributed by atoms with Gasteiger partial charge in [0.2, 0.25) is 10.0 Å². The third-order valence-corrected chi connectivity index (χ3v) is 5.74. The van der Waals surface area contributed by atoms with E-state index < -0.39 is 16.0 Å². The fourth-order valence-electron chi connectivity index (χ4n) is 2.69. The number of aromatic carboxylic acids is 1. The molecule has 128 valence electrons. The van der Waals surface area contributed by atoms with E-state index in [1.165, 1.54) is 18.2 Å². The number of sulfonamides is 1. The second-order valence-corrected chi connectivity index (χ2v) is 7.78. The molecule has 23 heavy (non-hydrogen) atoms. The van der Waals surface area contributed by atoms with Crippen LogP contribution in [0, 0.1) is 0 Å². The van der Waals surface area contributed by atoms with Crippen LogP contribution in [0.25, 0.3) is 0 Å². The van der Waals surface area contributed by atoms with E-state index in [4.69, 9.17) is 0 Å². The van der Waals surface area contributed by atoms with Crippen molar-refractivity contribution < 1.29 is 18.3 Å². The van der Waals surface area contributed by atoms with Gasteiger partial charge in [-0.1, -0.05) is 19.8 Å². The second kappa shape index (κ2) is 7.31. The summed E-state index contributed by atoms with van der Waals surface area (Å²) in [6.07, 6.45) is 4.54. The van der Waals surface area contributed by atoms with Crippen molar-refractivity contribution in [3.63, 3.8) is 0 Å². The topological polar surface area (TPSA) is 95.5 Å². The average Bonchev–Trinajstić information content (AvgIpc) is 2.99. The van der Waals surface area contributed by atoms with E-state index in [-0.39, 0.29) is 22.5 Å². The number of carboxylic acid groups (broad SMARTS) is 1. The zero-order valence-electron chi connectivity index (χ0n) is 13.5. The van der Waals surface area contributed by atoms with Crippen molar-refractivity contribution in [2.75, 3.05) is 5.32 Å². The summed E-state index contributed by atoms with van der Waals surface area (Å²) >= 11 is 0. The first-order chi connectivity index (χ1) is 10.8. The Bertz CT molecular complexity index is 667. The van der Waals surface area contributed by atoms with E-state index in [0.29, 0.717) is 5.69 Å². The zero-order valence-corrected chi connectivity index (χ0v) is 14.3. The molecule has 0 bridgehead atoms. The Balaban J connectivity index is 2.29. The van der Waals surface area contributed by atoms with Gasteiger partial charge in [0.25, 0.3) is 0 Å². The molecule has 0 amide bonds. The molecule has 0 aromatic heterocycles. The van der Waals surface area contributed by atoms with Crippen molar-refractivity contribution in [1.29, 1.82) is 0 Å². The molecule has 1 saturated carbocycles. The Kier molecular flexibility index (Phi) is 5.64. The summed E-state index contributed by atoms with van der Waals surface area (Å²) in [4.78, 5) is 11.5. The monoisotopic (exact) mass is 340 g/mol. The number of anilines is 1. The standard InChI is InChI=1S/C16H24N2O4S/c1-3-11(2)17-15-9-8-13(10-14(15)16(19)20)23(21,22)18-12-6-4-5-7-12/h8-12,17-18H,3-7H2,1-2H3,(H,19,20)/t11-/m1/s1. The average molecular weight is 340 g/mol. The van der Waals surface area contributed by atoms with Crippen LogP contribution in [-0.2, 0) is 10.0 Å². The van der Waals surface area contributed by atoms with Crippen molar-refractivity contribution in [3.8, 4) is 0 Å². The van der Waals surface area contributed by atoms with Crippen LogP contribution >= 0.6 is 0 Å². The van der Waals surface area contributed by atoms with Crippen molar-refractivity contribution in [3.05, 3.63) is 23.8 Å². The fourth-order valence-corrected chi connectivity index (χ4v) is 4.02. The smallest absolute Gasteiger partial charge is 0.337 e. The van der Waals surface area contributed by atoms with Gasteiger partial charge < -0.3 is 10.4 Å². The minimum atomic E-state index is -3.69. The van der Waals surface area contributed by atoms with Gasteiger partial charge in [0, 0.05) is 17.8 Å². The van der Waals surface area contributed by atoms with Gasteiger partial charge in [0.15, 0.2) is 0 Å². The molecular weight excluding hydrogens is 316 g/mol. The molecule has 1 aromatic rings. The Morgan fingerprint density at radius 2 is 2.00 bits per heavy atom. The van der Waals surface area contributed by atoms with E-state index in [0.717, 1.165) is 32.1 Å². The Hall–Kier alpha value is -1.60. The molecule has 0 heterocycles. The zero-order chi connectivity index (χ0) is 17.0. The lowest BCUT2D eigenvalue weighted by Gasteiger charge is -2.17. The predicted molar refractivity (Wildman–Crippen MR) is 89.4 cm³/mol. The predicted octanol–water partition coefficient (Wildman–Crippen LogP) is 2.82. The van der Waals surface area contributed by atoms with Crippen LogP contribution in [0.15, 0.2) is 23.1 Å². The summed E-state index contributed by atoms with van der Waals surface area (Å²) in [6.45, 7) is 3.93. The highest BCUT2D eigenvalue weighted by Crippen LogP contribution is 2.24. The molecule has 1 aliphatic rings. The van der Waals surface area contributed by atoms with E-state index in [2.05, 4.69) is 10.0 Å². The number of hydrogen-bond acceptors (Lipinski definition) is 4. The third kappa shape index (κ3) is 4.45. The van der Waals surface area contributed by atoms with Crippen LogP contribution < -0.4 is 10.0 Å². The molecule has 7 heteroatoms. The Labute approximate surface area is 137 Å². The van der Waals surface area contributed by atoms with Crippen LogP contribution in [0.2, 0.25) is 0 Å². The molecule has 0 radical (unpaired) electrons. The summed E-state index contributed by atoms with van der Waals surface area (Å²) < 4.78 is 27.5. The summed E-state index contributed by atoms with van der Waals surface area (Å²) in [5, 5.41) is 12.5. The van der Waals surface area contributed by atoms with Crippen LogP contribution in [0.1, 0.15) is 56.3 Å². The minimum Gasteiger partial charge on any atom is -0.478 e. The van der Waals surface area contributed by atoms with Gasteiger partial charge in [0.1, 0.15) is 0 Å². The normalized spacial score (nSPS) is 17.1. The first-order valence-corrected chi connectivity index (χ1v) is 9.48. The first-order valence-electron chi connectivity index (χ1n) is 7.99. The lowest BCUT2D eigenvalue weighted by atomic mass is 10.1. The van der Waals surface area contributed by atoms with Crippen LogP contribution in [-0.4, -0.2) is 31.6 Å². The molecular formula is C16H24N2O4S. The summed E-state index contributed by atoms with van der Waals surface area (Å²) in [7, 11) is -3.69. The van der Waals surface area contributed by atoms with Gasteiger partial charge in [0.05, 0.1) is 10.5 Å². The number of carbonyl (C=O) groups is 1. The summed E-state index contributed by atoms with van der Waals surface area (Å²) in [5.41, 5.74) is 0.409. The maximum atomic E-state index is 12.4. The highest BCUT2D eigenvalue weighted by atomic mass is 32.2. The van der Waals surface area contributed by atoms with Crippen molar-refractivity contribution >= 4 is 21.7 Å². The van der Waals surface area contributed by atoms with E-state index in [9.17, 15) is 18.3 Å².